The van der Waals surface area contributed by atoms with Gasteiger partial charge in [0.15, 0.2) is 0 Å². The van der Waals surface area contributed by atoms with Crippen LogP contribution in [0.3, 0.4) is 0 Å². The van der Waals surface area contributed by atoms with Gasteiger partial charge in [0.2, 0.25) is 0 Å². The first-order chi connectivity index (χ1) is 21.5. The van der Waals surface area contributed by atoms with Crippen molar-refractivity contribution >= 4 is 65.8 Å². The third kappa shape index (κ3) is 4.38. The molecule has 0 aliphatic carbocycles. The van der Waals surface area contributed by atoms with Gasteiger partial charge in [0.25, 0.3) is 0 Å². The molecule has 0 aliphatic rings. The Balaban J connectivity index is 1.15. The van der Waals surface area contributed by atoms with E-state index >= 15 is 0 Å². The average Bonchev–Trinajstić information content (AvgIpc) is 3.06. The predicted molar refractivity (Wildman–Crippen MR) is 191 cm³/mol. The molecule has 0 atom stereocenters. The first-order valence-corrected chi connectivity index (χ1v) is 14.9. The molecule has 0 unspecified atom stereocenters. The molecule has 0 aromatic heterocycles. The van der Waals surface area contributed by atoms with Crippen LogP contribution >= 0.6 is 0 Å². The summed E-state index contributed by atoms with van der Waals surface area (Å²) in [5.41, 5.74) is 21.8. The van der Waals surface area contributed by atoms with Gasteiger partial charge in [0, 0.05) is 22.7 Å². The zero-order valence-electron chi connectivity index (χ0n) is 24.4. The summed E-state index contributed by atoms with van der Waals surface area (Å²) in [5, 5.41) is 13.5. The Morgan fingerprint density at radius 1 is 0.409 bits per heavy atom. The molecule has 3 nitrogen and oxygen atoms in total. The van der Waals surface area contributed by atoms with E-state index in [0.717, 1.165) is 28.1 Å². The molecule has 44 heavy (non-hydrogen) atoms. The molecular weight excluding hydrogens is 534 g/mol. The number of rotatable bonds is 4. The number of nitrogen functional groups attached to an aromatic ring is 2. The molecule has 5 N–H and O–H groups in total. The molecular formula is C41H31N3. The van der Waals surface area contributed by atoms with Crippen molar-refractivity contribution in [3.63, 3.8) is 0 Å². The highest BCUT2D eigenvalue weighted by Gasteiger charge is 2.14. The molecule has 0 bridgehead atoms. The Morgan fingerprint density at radius 3 is 1.84 bits per heavy atom. The lowest BCUT2D eigenvalue weighted by molar-refractivity contribution is 1.54. The number of aryl methyl sites for hydroxylation is 1. The Morgan fingerprint density at radius 2 is 1.02 bits per heavy atom. The fraction of sp³-hybridized carbons (Fsp3) is 0.0244. The van der Waals surface area contributed by atoms with Crippen LogP contribution in [0.15, 0.2) is 140 Å². The summed E-state index contributed by atoms with van der Waals surface area (Å²) < 4.78 is 0. The van der Waals surface area contributed by atoms with Crippen LogP contribution in [-0.4, -0.2) is 0 Å². The molecule has 0 heterocycles. The van der Waals surface area contributed by atoms with E-state index in [-0.39, 0.29) is 0 Å². The van der Waals surface area contributed by atoms with Gasteiger partial charge in [-0.05, 0) is 132 Å². The topological polar surface area (TPSA) is 64.1 Å². The van der Waals surface area contributed by atoms with E-state index in [9.17, 15) is 0 Å². The van der Waals surface area contributed by atoms with Crippen LogP contribution in [0.1, 0.15) is 5.56 Å². The van der Waals surface area contributed by atoms with E-state index in [2.05, 4.69) is 128 Å². The van der Waals surface area contributed by atoms with Crippen molar-refractivity contribution in [3.8, 4) is 22.3 Å². The summed E-state index contributed by atoms with van der Waals surface area (Å²) in [7, 11) is 0. The van der Waals surface area contributed by atoms with E-state index in [1.807, 2.05) is 24.3 Å². The molecule has 210 valence electrons. The van der Waals surface area contributed by atoms with Crippen LogP contribution in [0.5, 0.6) is 0 Å². The fourth-order valence-corrected chi connectivity index (χ4v) is 6.60. The van der Waals surface area contributed by atoms with Crippen molar-refractivity contribution < 1.29 is 0 Å². The second-order valence-corrected chi connectivity index (χ2v) is 11.6. The van der Waals surface area contributed by atoms with Crippen molar-refractivity contribution in [1.82, 2.24) is 0 Å². The normalized spacial score (nSPS) is 11.5. The molecule has 0 spiro atoms. The Hall–Kier alpha value is -5.80. The summed E-state index contributed by atoms with van der Waals surface area (Å²) in [5.74, 6) is 0. The minimum absolute atomic E-state index is 0.770. The molecule has 8 rings (SSSR count). The second-order valence-electron chi connectivity index (χ2n) is 11.6. The number of benzene rings is 8. The van der Waals surface area contributed by atoms with Gasteiger partial charge in [-0.2, -0.15) is 0 Å². The third-order valence-corrected chi connectivity index (χ3v) is 8.86. The van der Waals surface area contributed by atoms with Crippen LogP contribution in [-0.2, 0) is 0 Å². The zero-order chi connectivity index (χ0) is 29.8. The van der Waals surface area contributed by atoms with Crippen molar-refractivity contribution in [2.45, 2.75) is 6.92 Å². The van der Waals surface area contributed by atoms with Crippen molar-refractivity contribution in [2.75, 3.05) is 16.8 Å². The highest BCUT2D eigenvalue weighted by molar-refractivity contribution is 6.15. The monoisotopic (exact) mass is 565 g/mol. The molecule has 8 aromatic rings. The van der Waals surface area contributed by atoms with E-state index in [4.69, 9.17) is 11.5 Å². The number of anilines is 4. The number of hydrogen-bond donors (Lipinski definition) is 3. The third-order valence-electron chi connectivity index (χ3n) is 8.86. The highest BCUT2D eigenvalue weighted by Crippen LogP contribution is 2.40. The van der Waals surface area contributed by atoms with Crippen LogP contribution < -0.4 is 16.8 Å². The zero-order valence-corrected chi connectivity index (χ0v) is 24.4. The molecule has 8 aromatic carbocycles. The molecule has 0 amide bonds. The SMILES string of the molecule is Cc1c2ccccc2c(-c2ccc(N)cc2)c2ccc(Nc3ccc(-c4ccc5ccc6cc(N)ccc6c5c4)cc3)cc12. The smallest absolute Gasteiger partial charge is 0.0390 e. The van der Waals surface area contributed by atoms with Crippen molar-refractivity contribution in [2.24, 2.45) is 0 Å². The Bertz CT molecular complexity index is 2370. The maximum Gasteiger partial charge on any atom is 0.0390 e. The van der Waals surface area contributed by atoms with Crippen molar-refractivity contribution in [3.05, 3.63) is 145 Å². The minimum atomic E-state index is 0.770. The van der Waals surface area contributed by atoms with Gasteiger partial charge in [0.05, 0.1) is 0 Å². The maximum atomic E-state index is 6.04. The van der Waals surface area contributed by atoms with Gasteiger partial charge < -0.3 is 16.8 Å². The Labute approximate surface area is 256 Å². The summed E-state index contributed by atoms with van der Waals surface area (Å²) in [6.07, 6.45) is 0. The fourth-order valence-electron chi connectivity index (χ4n) is 6.60. The number of fused-ring (bicyclic) bond motifs is 5. The van der Waals surface area contributed by atoms with Gasteiger partial charge in [-0.1, -0.05) is 84.9 Å². The molecule has 0 saturated heterocycles. The maximum absolute atomic E-state index is 6.04. The molecule has 0 radical (unpaired) electrons. The number of hydrogen-bond acceptors (Lipinski definition) is 3. The first kappa shape index (κ1) is 25.9. The molecule has 0 saturated carbocycles. The molecule has 0 aliphatic heterocycles. The molecule has 3 heteroatoms. The minimum Gasteiger partial charge on any atom is -0.399 e. The average molecular weight is 566 g/mol. The summed E-state index contributed by atoms with van der Waals surface area (Å²) in [4.78, 5) is 0. The van der Waals surface area contributed by atoms with Gasteiger partial charge in [0.1, 0.15) is 0 Å². The van der Waals surface area contributed by atoms with Crippen LogP contribution in [0, 0.1) is 6.92 Å². The standard InChI is InChI=1S/C41H31N3/c1-25-35-4-2-3-5-37(35)41(28-10-14-31(42)15-11-28)38-21-19-34(24-39(25)38)44-33-17-12-26(13-18-33)29-8-6-27-7-9-30-22-32(43)16-20-36(30)40(27)23-29/h2-24,44H,42-43H2,1H3. The first-order valence-electron chi connectivity index (χ1n) is 14.9. The van der Waals surface area contributed by atoms with Gasteiger partial charge in [-0.25, -0.2) is 0 Å². The van der Waals surface area contributed by atoms with Crippen LogP contribution in [0.25, 0.3) is 65.3 Å². The number of nitrogens with one attached hydrogen (secondary N) is 1. The quantitative estimate of drug-likeness (QED) is 0.113. The highest BCUT2D eigenvalue weighted by atomic mass is 14.9. The summed E-state index contributed by atoms with van der Waals surface area (Å²) in [6, 6.07) is 49.4. The van der Waals surface area contributed by atoms with Gasteiger partial charge in [-0.3, -0.25) is 0 Å². The summed E-state index contributed by atoms with van der Waals surface area (Å²) in [6.45, 7) is 2.22. The van der Waals surface area contributed by atoms with Crippen LogP contribution in [0.2, 0.25) is 0 Å². The predicted octanol–water partition coefficient (Wildman–Crippen LogP) is 10.8. The van der Waals surface area contributed by atoms with E-state index in [1.165, 1.54) is 65.5 Å². The largest absolute Gasteiger partial charge is 0.399 e. The van der Waals surface area contributed by atoms with E-state index in [1.54, 1.807) is 0 Å². The lowest BCUT2D eigenvalue weighted by Crippen LogP contribution is -1.94. The van der Waals surface area contributed by atoms with Crippen molar-refractivity contribution in [1.29, 1.82) is 0 Å². The van der Waals surface area contributed by atoms with Gasteiger partial charge in [-0.15, -0.1) is 0 Å². The number of nitrogens with two attached hydrogens (primary N) is 2. The van der Waals surface area contributed by atoms with Gasteiger partial charge >= 0.3 is 0 Å². The Kier molecular flexibility index (Phi) is 5.99. The second kappa shape index (κ2) is 10.2. The van der Waals surface area contributed by atoms with Crippen LogP contribution in [0.4, 0.5) is 22.7 Å². The molecule has 0 fully saturated rings. The van der Waals surface area contributed by atoms with E-state index in [0.29, 0.717) is 0 Å². The lowest BCUT2D eigenvalue weighted by Gasteiger charge is -2.17. The summed E-state index contributed by atoms with van der Waals surface area (Å²) >= 11 is 0. The van der Waals surface area contributed by atoms with E-state index < -0.39 is 0 Å². The lowest BCUT2D eigenvalue weighted by atomic mass is 9.88.